The van der Waals surface area contributed by atoms with Crippen molar-refractivity contribution in [3.8, 4) is 17.0 Å². The summed E-state index contributed by atoms with van der Waals surface area (Å²) in [5.74, 6) is 0.0245. The van der Waals surface area contributed by atoms with Crippen LogP contribution in [0.5, 0.6) is 5.75 Å². The Balaban J connectivity index is 1.69. The van der Waals surface area contributed by atoms with Crippen LogP contribution in [0.3, 0.4) is 0 Å². The number of benzene rings is 3. The number of rotatable bonds is 5. The van der Waals surface area contributed by atoms with Crippen molar-refractivity contribution in [2.45, 2.75) is 6.92 Å². The van der Waals surface area contributed by atoms with Gasteiger partial charge < -0.3 is 4.74 Å². The lowest BCUT2D eigenvalue weighted by molar-refractivity contribution is 0.0956. The van der Waals surface area contributed by atoms with E-state index in [1.165, 1.54) is 12.1 Å². The molecule has 31 heavy (non-hydrogen) atoms. The van der Waals surface area contributed by atoms with Crippen molar-refractivity contribution in [2.75, 3.05) is 7.11 Å². The number of halogens is 1. The summed E-state index contributed by atoms with van der Waals surface area (Å²) in [6.07, 6.45) is 0. The summed E-state index contributed by atoms with van der Waals surface area (Å²) < 4.78 is 18.6. The van der Waals surface area contributed by atoms with Crippen LogP contribution in [0.15, 0.2) is 84.0 Å². The van der Waals surface area contributed by atoms with E-state index in [2.05, 4.69) is 15.5 Å². The van der Waals surface area contributed by atoms with Gasteiger partial charge >= 0.3 is 0 Å². The highest BCUT2D eigenvalue weighted by molar-refractivity contribution is 6.08. The van der Waals surface area contributed by atoms with E-state index in [1.54, 1.807) is 25.3 Å². The number of aromatic nitrogens is 1. The maximum atomic E-state index is 13.3. The fraction of sp³-hybridized carbons (Fsp3) is 0.0800. The number of hydrazone groups is 1. The predicted molar refractivity (Wildman–Crippen MR) is 120 cm³/mol. The first-order chi connectivity index (χ1) is 15.0. The molecule has 0 saturated heterocycles. The van der Waals surface area contributed by atoms with Gasteiger partial charge in [0.25, 0.3) is 5.91 Å². The molecule has 3 aromatic carbocycles. The lowest BCUT2D eigenvalue weighted by atomic mass is 10.0. The minimum Gasteiger partial charge on any atom is -0.497 e. The number of carbonyl (C=O) groups is 1. The van der Waals surface area contributed by atoms with Gasteiger partial charge in [0.2, 0.25) is 0 Å². The molecule has 1 amide bonds. The smallest absolute Gasteiger partial charge is 0.272 e. The van der Waals surface area contributed by atoms with Crippen LogP contribution in [0, 0.1) is 5.82 Å². The number of amides is 1. The van der Waals surface area contributed by atoms with Gasteiger partial charge in [0, 0.05) is 16.5 Å². The molecule has 1 N–H and O–H groups in total. The number of nitrogens with one attached hydrogen (secondary N) is 1. The molecule has 4 aromatic rings. The summed E-state index contributed by atoms with van der Waals surface area (Å²) in [5, 5.41) is 4.97. The molecule has 6 heteroatoms. The van der Waals surface area contributed by atoms with Gasteiger partial charge in [-0.2, -0.15) is 5.10 Å². The Morgan fingerprint density at radius 3 is 2.55 bits per heavy atom. The number of hydrogen-bond acceptors (Lipinski definition) is 4. The third-order valence-electron chi connectivity index (χ3n) is 4.91. The van der Waals surface area contributed by atoms with Gasteiger partial charge in [-0.05, 0) is 55.5 Å². The van der Waals surface area contributed by atoms with Crippen LogP contribution in [0.1, 0.15) is 22.8 Å². The molecular weight excluding hydrogens is 393 g/mol. The highest BCUT2D eigenvalue weighted by Crippen LogP contribution is 2.25. The number of ether oxygens (including phenoxy) is 1. The number of carbonyl (C=O) groups excluding carboxylic acids is 1. The van der Waals surface area contributed by atoms with E-state index in [4.69, 9.17) is 4.74 Å². The number of methoxy groups -OCH3 is 1. The van der Waals surface area contributed by atoms with Crippen molar-refractivity contribution >= 4 is 22.5 Å². The molecule has 0 atom stereocenters. The molecule has 5 nitrogen and oxygen atoms in total. The standard InChI is InChI=1S/C25H20FN3O2/c1-16(18-6-5-7-20(14-18)31-2)28-29-25(30)22-15-24(17-10-12-19(26)13-11-17)27-23-9-4-3-8-21(22)23/h3-15H,1-2H3,(H,29,30). The summed E-state index contributed by atoms with van der Waals surface area (Å²) in [7, 11) is 1.60. The molecule has 0 spiro atoms. The zero-order valence-corrected chi connectivity index (χ0v) is 17.1. The van der Waals surface area contributed by atoms with Crippen molar-refractivity contribution in [1.29, 1.82) is 0 Å². The van der Waals surface area contributed by atoms with Gasteiger partial charge in [-0.25, -0.2) is 14.8 Å². The average molecular weight is 413 g/mol. The zero-order chi connectivity index (χ0) is 21.8. The van der Waals surface area contributed by atoms with Gasteiger partial charge in [0.05, 0.1) is 29.6 Å². The van der Waals surface area contributed by atoms with Crippen molar-refractivity contribution < 1.29 is 13.9 Å². The lowest BCUT2D eigenvalue weighted by Gasteiger charge is -2.10. The van der Waals surface area contributed by atoms with Crippen LogP contribution in [-0.2, 0) is 0 Å². The largest absolute Gasteiger partial charge is 0.497 e. The molecule has 0 fully saturated rings. The number of pyridine rings is 1. The van der Waals surface area contributed by atoms with Crippen LogP contribution < -0.4 is 10.2 Å². The third-order valence-corrected chi connectivity index (χ3v) is 4.91. The second kappa shape index (κ2) is 8.75. The van der Waals surface area contributed by atoms with E-state index in [-0.39, 0.29) is 11.7 Å². The Morgan fingerprint density at radius 2 is 1.77 bits per heavy atom. The van der Waals surface area contributed by atoms with E-state index >= 15 is 0 Å². The van der Waals surface area contributed by atoms with Gasteiger partial charge in [-0.15, -0.1) is 0 Å². The highest BCUT2D eigenvalue weighted by Gasteiger charge is 2.14. The summed E-state index contributed by atoms with van der Waals surface area (Å²) in [6.45, 7) is 1.81. The normalized spacial score (nSPS) is 11.4. The molecule has 0 unspecified atom stereocenters. The maximum Gasteiger partial charge on any atom is 0.272 e. The summed E-state index contributed by atoms with van der Waals surface area (Å²) in [6, 6.07) is 22.5. The lowest BCUT2D eigenvalue weighted by Crippen LogP contribution is -2.20. The molecule has 154 valence electrons. The molecule has 0 aliphatic rings. The zero-order valence-electron chi connectivity index (χ0n) is 17.1. The van der Waals surface area contributed by atoms with Gasteiger partial charge in [0.1, 0.15) is 11.6 Å². The Labute approximate surface area is 179 Å². The number of nitrogens with zero attached hydrogens (tertiary/aromatic N) is 2. The van der Waals surface area contributed by atoms with Gasteiger partial charge in [-0.1, -0.05) is 30.3 Å². The SMILES string of the molecule is COc1cccc(C(C)=NNC(=O)c2cc(-c3ccc(F)cc3)nc3ccccc23)c1. The van der Waals surface area contributed by atoms with E-state index in [9.17, 15) is 9.18 Å². The fourth-order valence-electron chi connectivity index (χ4n) is 3.24. The van der Waals surface area contributed by atoms with E-state index in [0.29, 0.717) is 33.6 Å². The van der Waals surface area contributed by atoms with E-state index < -0.39 is 0 Å². The van der Waals surface area contributed by atoms with Crippen molar-refractivity contribution in [1.82, 2.24) is 10.4 Å². The quantitative estimate of drug-likeness (QED) is 0.361. The second-order valence-electron chi connectivity index (χ2n) is 6.95. The van der Waals surface area contributed by atoms with Crippen LogP contribution in [0.25, 0.3) is 22.2 Å². The van der Waals surface area contributed by atoms with E-state index in [0.717, 1.165) is 11.1 Å². The molecule has 0 radical (unpaired) electrons. The first kappa shape index (κ1) is 20.2. The molecule has 0 aliphatic carbocycles. The van der Waals surface area contributed by atoms with E-state index in [1.807, 2.05) is 55.5 Å². The fourth-order valence-corrected chi connectivity index (χ4v) is 3.24. The van der Waals surface area contributed by atoms with Crippen molar-refractivity contribution in [3.63, 3.8) is 0 Å². The Kier molecular flexibility index (Phi) is 5.71. The predicted octanol–water partition coefficient (Wildman–Crippen LogP) is 5.20. The molecule has 1 aromatic heterocycles. The summed E-state index contributed by atoms with van der Waals surface area (Å²) >= 11 is 0. The molecule has 1 heterocycles. The maximum absolute atomic E-state index is 13.3. The molecule has 0 bridgehead atoms. The molecule has 0 saturated carbocycles. The van der Waals surface area contributed by atoms with Crippen molar-refractivity contribution in [3.05, 3.63) is 95.8 Å². The average Bonchev–Trinajstić information content (AvgIpc) is 2.82. The van der Waals surface area contributed by atoms with Gasteiger partial charge in [-0.3, -0.25) is 4.79 Å². The van der Waals surface area contributed by atoms with Crippen LogP contribution in [0.4, 0.5) is 4.39 Å². The first-order valence-electron chi connectivity index (χ1n) is 9.70. The number of para-hydroxylation sites is 1. The highest BCUT2D eigenvalue weighted by atomic mass is 19.1. The summed E-state index contributed by atoms with van der Waals surface area (Å²) in [5.41, 5.74) is 6.52. The molecular formula is C25H20FN3O2. The number of fused-ring (bicyclic) bond motifs is 1. The van der Waals surface area contributed by atoms with Gasteiger partial charge in [0.15, 0.2) is 0 Å². The Bertz CT molecular complexity index is 1280. The Morgan fingerprint density at radius 1 is 1.00 bits per heavy atom. The molecule has 4 rings (SSSR count). The minimum absolute atomic E-state index is 0.329. The van der Waals surface area contributed by atoms with Crippen LogP contribution >= 0.6 is 0 Å². The topological polar surface area (TPSA) is 63.6 Å². The monoisotopic (exact) mass is 413 g/mol. The number of hydrogen-bond donors (Lipinski definition) is 1. The van der Waals surface area contributed by atoms with Crippen molar-refractivity contribution in [2.24, 2.45) is 5.10 Å². The first-order valence-corrected chi connectivity index (χ1v) is 9.70. The molecule has 0 aliphatic heterocycles. The Hall–Kier alpha value is -4.06. The minimum atomic E-state index is -0.357. The second-order valence-corrected chi connectivity index (χ2v) is 6.95. The van der Waals surface area contributed by atoms with Crippen LogP contribution in [-0.4, -0.2) is 23.7 Å². The third kappa shape index (κ3) is 4.43. The summed E-state index contributed by atoms with van der Waals surface area (Å²) in [4.78, 5) is 17.7. The van der Waals surface area contributed by atoms with Crippen LogP contribution in [0.2, 0.25) is 0 Å².